The Balaban J connectivity index is 1.88. The second-order valence-corrected chi connectivity index (χ2v) is 5.40. The molecule has 0 aliphatic carbocycles. The van der Waals surface area contributed by atoms with Crippen LogP contribution < -0.4 is 4.90 Å². The summed E-state index contributed by atoms with van der Waals surface area (Å²) in [4.78, 5) is 6.57. The van der Waals surface area contributed by atoms with Crippen LogP contribution in [0.3, 0.4) is 0 Å². The number of anilines is 1. The van der Waals surface area contributed by atoms with Crippen molar-refractivity contribution in [1.82, 2.24) is 14.6 Å². The molecule has 105 valence electrons. The van der Waals surface area contributed by atoms with Crippen molar-refractivity contribution in [3.05, 3.63) is 47.5 Å². The highest BCUT2D eigenvalue weighted by Crippen LogP contribution is 2.29. The Morgan fingerprint density at radius 3 is 2.81 bits per heavy atom. The quantitative estimate of drug-likeness (QED) is 0.729. The number of halogens is 2. The Bertz CT molecular complexity index is 826. The van der Waals surface area contributed by atoms with E-state index in [4.69, 9.17) is 11.6 Å². The molecule has 4 nitrogen and oxygen atoms in total. The standard InChI is InChI=1S/C15H11ClFN4/c16-11-3-2-10(8-12(11)17)14-9-18-15-13(20-6-1-7-20)4-5-19-21(14)15/h2-5,8H,1,6-7H2. The first-order chi connectivity index (χ1) is 10.2. The summed E-state index contributed by atoms with van der Waals surface area (Å²) in [5, 5.41) is 4.41. The summed E-state index contributed by atoms with van der Waals surface area (Å²) in [7, 11) is 0. The molecule has 21 heavy (non-hydrogen) atoms. The number of rotatable bonds is 2. The van der Waals surface area contributed by atoms with E-state index < -0.39 is 5.82 Å². The molecule has 1 radical (unpaired) electrons. The van der Waals surface area contributed by atoms with E-state index in [1.807, 2.05) is 6.07 Å². The van der Waals surface area contributed by atoms with Crippen molar-refractivity contribution < 1.29 is 4.39 Å². The van der Waals surface area contributed by atoms with Gasteiger partial charge in [0.2, 0.25) is 0 Å². The van der Waals surface area contributed by atoms with Crippen LogP contribution in [-0.4, -0.2) is 27.7 Å². The molecule has 0 saturated carbocycles. The average Bonchev–Trinajstić information content (AvgIpc) is 2.85. The largest absolute Gasteiger partial charge is 0.368 e. The Kier molecular flexibility index (Phi) is 2.82. The van der Waals surface area contributed by atoms with Gasteiger partial charge >= 0.3 is 0 Å². The first kappa shape index (κ1) is 12.6. The van der Waals surface area contributed by atoms with Gasteiger partial charge in [0.15, 0.2) is 5.65 Å². The maximum Gasteiger partial charge on any atom is 0.178 e. The minimum Gasteiger partial charge on any atom is -0.368 e. The molecular formula is C15H11ClFN4. The Hall–Kier alpha value is -2.14. The van der Waals surface area contributed by atoms with Crippen LogP contribution >= 0.6 is 11.6 Å². The summed E-state index contributed by atoms with van der Waals surface area (Å²) in [5.41, 5.74) is 3.05. The van der Waals surface area contributed by atoms with Crippen molar-refractivity contribution in [2.24, 2.45) is 0 Å². The van der Waals surface area contributed by atoms with E-state index in [-0.39, 0.29) is 5.02 Å². The molecule has 0 bridgehead atoms. The number of fused-ring (bicyclic) bond motifs is 1. The van der Waals surface area contributed by atoms with Gasteiger partial charge in [0, 0.05) is 18.7 Å². The maximum atomic E-state index is 13.6. The van der Waals surface area contributed by atoms with Crippen LogP contribution in [-0.2, 0) is 0 Å². The van der Waals surface area contributed by atoms with Gasteiger partial charge in [0.05, 0.1) is 16.9 Å². The third-order valence-corrected chi connectivity index (χ3v) is 4.02. The molecule has 4 rings (SSSR count). The van der Waals surface area contributed by atoms with Crippen molar-refractivity contribution in [2.45, 2.75) is 6.42 Å². The minimum absolute atomic E-state index is 0.0989. The zero-order valence-electron chi connectivity index (χ0n) is 11.1. The second-order valence-electron chi connectivity index (χ2n) is 4.99. The van der Waals surface area contributed by atoms with Gasteiger partial charge in [-0.3, -0.25) is 0 Å². The number of nitrogens with zero attached hydrogens (tertiary/aromatic N) is 4. The monoisotopic (exact) mass is 301 g/mol. The Labute approximate surface area is 125 Å². The van der Waals surface area contributed by atoms with Gasteiger partial charge in [-0.25, -0.2) is 13.9 Å². The van der Waals surface area contributed by atoms with Gasteiger partial charge in [0.1, 0.15) is 17.7 Å². The molecule has 6 heteroatoms. The molecule has 2 aromatic heterocycles. The van der Waals surface area contributed by atoms with E-state index in [1.165, 1.54) is 18.6 Å². The van der Waals surface area contributed by atoms with Gasteiger partial charge in [-0.2, -0.15) is 5.10 Å². The van der Waals surface area contributed by atoms with Gasteiger partial charge in [-0.15, -0.1) is 0 Å². The van der Waals surface area contributed by atoms with Crippen molar-refractivity contribution in [1.29, 1.82) is 0 Å². The van der Waals surface area contributed by atoms with E-state index in [0.717, 1.165) is 24.4 Å². The van der Waals surface area contributed by atoms with Gasteiger partial charge in [-0.1, -0.05) is 17.7 Å². The van der Waals surface area contributed by atoms with Crippen LogP contribution in [0.4, 0.5) is 10.1 Å². The lowest BCUT2D eigenvalue weighted by Crippen LogP contribution is -2.37. The first-order valence-corrected chi connectivity index (χ1v) is 7.07. The number of hydrogen-bond acceptors (Lipinski definition) is 3. The average molecular weight is 302 g/mol. The van der Waals surface area contributed by atoms with Crippen LogP contribution in [0.15, 0.2) is 30.5 Å². The van der Waals surface area contributed by atoms with E-state index in [1.54, 1.807) is 16.8 Å². The highest BCUT2D eigenvalue weighted by molar-refractivity contribution is 6.30. The summed E-state index contributed by atoms with van der Waals surface area (Å²) in [6.45, 7) is 2.05. The van der Waals surface area contributed by atoms with Crippen LogP contribution in [0.1, 0.15) is 6.42 Å². The number of aromatic nitrogens is 3. The van der Waals surface area contributed by atoms with Crippen molar-refractivity contribution >= 4 is 22.9 Å². The summed E-state index contributed by atoms with van der Waals surface area (Å²) >= 11 is 5.72. The molecule has 0 amide bonds. The Morgan fingerprint density at radius 1 is 1.24 bits per heavy atom. The molecule has 3 aromatic rings. The predicted octanol–water partition coefficient (Wildman–Crippen LogP) is 3.20. The molecule has 0 atom stereocenters. The second kappa shape index (κ2) is 4.70. The molecule has 0 N–H and O–H groups in total. The van der Waals surface area contributed by atoms with E-state index >= 15 is 0 Å². The zero-order chi connectivity index (χ0) is 14.4. The summed E-state index contributed by atoms with van der Waals surface area (Å²) in [6, 6.07) is 6.59. The van der Waals surface area contributed by atoms with Crippen LogP contribution in [0.25, 0.3) is 16.9 Å². The van der Waals surface area contributed by atoms with Gasteiger partial charge in [-0.05, 0) is 24.6 Å². The molecule has 1 aromatic carbocycles. The lowest BCUT2D eigenvalue weighted by Gasteiger charge is -2.32. The summed E-state index contributed by atoms with van der Waals surface area (Å²) in [6.07, 6.45) is 5.85. The number of benzene rings is 1. The smallest absolute Gasteiger partial charge is 0.178 e. The maximum absolute atomic E-state index is 13.6. The van der Waals surface area contributed by atoms with Crippen molar-refractivity contribution in [2.75, 3.05) is 18.0 Å². The lowest BCUT2D eigenvalue weighted by molar-refractivity contribution is 0.617. The molecule has 0 unspecified atom stereocenters. The van der Waals surface area contributed by atoms with Crippen molar-refractivity contribution in [3.63, 3.8) is 0 Å². The molecule has 1 aliphatic rings. The fourth-order valence-corrected chi connectivity index (χ4v) is 2.58. The lowest BCUT2D eigenvalue weighted by atomic mass is 10.1. The topological polar surface area (TPSA) is 33.4 Å². The molecule has 3 heterocycles. The van der Waals surface area contributed by atoms with Crippen molar-refractivity contribution in [3.8, 4) is 11.3 Å². The van der Waals surface area contributed by atoms with Crippen LogP contribution in [0.2, 0.25) is 5.02 Å². The molecule has 1 fully saturated rings. The summed E-state index contributed by atoms with van der Waals surface area (Å²) in [5.74, 6) is -0.462. The SMILES string of the molecule is Fc1cc(-c2[c]nc3c(N4CCC4)ccnn23)ccc1Cl. The van der Waals surface area contributed by atoms with Gasteiger partial charge < -0.3 is 4.90 Å². The van der Waals surface area contributed by atoms with E-state index in [2.05, 4.69) is 21.2 Å². The zero-order valence-corrected chi connectivity index (χ0v) is 11.8. The highest BCUT2D eigenvalue weighted by atomic mass is 35.5. The Morgan fingerprint density at radius 2 is 2.10 bits per heavy atom. The van der Waals surface area contributed by atoms with Crippen LogP contribution in [0.5, 0.6) is 0 Å². The number of hydrogen-bond donors (Lipinski definition) is 0. The third kappa shape index (κ3) is 1.96. The molecule has 1 saturated heterocycles. The minimum atomic E-state index is -0.462. The molecule has 0 spiro atoms. The molecular weight excluding hydrogens is 291 g/mol. The summed E-state index contributed by atoms with van der Waals surface area (Å²) < 4.78 is 15.3. The highest BCUT2D eigenvalue weighted by Gasteiger charge is 2.20. The normalized spacial score (nSPS) is 14.5. The number of imidazole rings is 1. The molecule has 1 aliphatic heterocycles. The van der Waals surface area contributed by atoms with E-state index in [9.17, 15) is 4.39 Å². The van der Waals surface area contributed by atoms with Gasteiger partial charge in [0.25, 0.3) is 0 Å². The van der Waals surface area contributed by atoms with Crippen LogP contribution in [0, 0.1) is 12.0 Å². The predicted molar refractivity (Wildman–Crippen MR) is 79.1 cm³/mol. The fourth-order valence-electron chi connectivity index (χ4n) is 2.46. The third-order valence-electron chi connectivity index (χ3n) is 3.71. The fraction of sp³-hybridized carbons (Fsp3) is 0.200. The van der Waals surface area contributed by atoms with E-state index in [0.29, 0.717) is 11.3 Å². The first-order valence-electron chi connectivity index (χ1n) is 6.70.